The van der Waals surface area contributed by atoms with Crippen LogP contribution in [0.1, 0.15) is 13.3 Å². The van der Waals surface area contributed by atoms with Crippen LogP contribution in [0.15, 0.2) is 23.1 Å². The fourth-order valence-electron chi connectivity index (χ4n) is 1.71. The quantitative estimate of drug-likeness (QED) is 0.784. The van der Waals surface area contributed by atoms with Crippen molar-refractivity contribution in [3.8, 4) is 0 Å². The van der Waals surface area contributed by atoms with E-state index in [1.54, 1.807) is 6.92 Å². The van der Waals surface area contributed by atoms with Crippen molar-refractivity contribution < 1.29 is 21.6 Å². The molecule has 0 aliphatic heterocycles. The molecule has 0 atom stereocenters. The van der Waals surface area contributed by atoms with Crippen molar-refractivity contribution in [3.05, 3.63) is 18.2 Å². The van der Waals surface area contributed by atoms with Gasteiger partial charge < -0.3 is 10.6 Å². The Kier molecular flexibility index (Phi) is 5.46. The molecule has 0 aliphatic carbocycles. The monoisotopic (exact) mass is 325 g/mol. The van der Waals surface area contributed by atoms with Crippen molar-refractivity contribution in [2.24, 2.45) is 0 Å². The summed E-state index contributed by atoms with van der Waals surface area (Å²) in [4.78, 5) is 1.25. The number of benzene rings is 1. The first-order valence-electron chi connectivity index (χ1n) is 6.24. The lowest BCUT2D eigenvalue weighted by Crippen LogP contribution is -2.26. The Morgan fingerprint density at radius 1 is 1.33 bits per heavy atom. The molecule has 0 fully saturated rings. The molecule has 3 N–H and O–H groups in total. The first-order valence-corrected chi connectivity index (χ1v) is 7.72. The molecule has 0 bridgehead atoms. The summed E-state index contributed by atoms with van der Waals surface area (Å²) in [5, 5.41) is 0. The van der Waals surface area contributed by atoms with Crippen molar-refractivity contribution >= 4 is 21.4 Å². The van der Waals surface area contributed by atoms with Crippen molar-refractivity contribution in [2.75, 3.05) is 30.8 Å². The fourth-order valence-corrected chi connectivity index (χ4v) is 2.77. The van der Waals surface area contributed by atoms with Crippen LogP contribution in [0.4, 0.5) is 24.5 Å². The van der Waals surface area contributed by atoms with Gasteiger partial charge in [0.05, 0.1) is 22.7 Å². The molecule has 5 nitrogen and oxygen atoms in total. The number of rotatable bonds is 6. The molecule has 0 radical (unpaired) electrons. The third-order valence-corrected chi connectivity index (χ3v) is 4.33. The number of nitrogens with zero attached hydrogens (tertiary/aromatic N) is 1. The molecule has 120 valence electrons. The molecule has 0 aliphatic rings. The third kappa shape index (κ3) is 5.09. The van der Waals surface area contributed by atoms with Gasteiger partial charge in [-0.1, -0.05) is 6.92 Å². The topological polar surface area (TPSA) is 75.4 Å². The van der Waals surface area contributed by atoms with E-state index in [2.05, 4.69) is 4.72 Å². The summed E-state index contributed by atoms with van der Waals surface area (Å²) in [6, 6.07) is 3.95. The number of nitrogens with two attached hydrogens (primary N) is 1. The molecule has 1 aromatic rings. The molecule has 0 heterocycles. The van der Waals surface area contributed by atoms with Gasteiger partial charge in [0.1, 0.15) is 0 Å². The van der Waals surface area contributed by atoms with Crippen LogP contribution in [0.3, 0.4) is 0 Å². The SMILES string of the molecule is CCNS(=O)(=O)c1ccc(N)c(N(C)CCC(F)(F)F)c1. The number of halogens is 3. The maximum absolute atomic E-state index is 12.2. The molecule has 0 spiro atoms. The summed E-state index contributed by atoms with van der Waals surface area (Å²) < 4.78 is 62.8. The Bertz CT molecular complexity index is 588. The maximum atomic E-state index is 12.2. The van der Waals surface area contributed by atoms with E-state index < -0.39 is 22.6 Å². The van der Waals surface area contributed by atoms with Gasteiger partial charge in [0.25, 0.3) is 0 Å². The summed E-state index contributed by atoms with van der Waals surface area (Å²) in [5.41, 5.74) is 6.17. The van der Waals surface area contributed by atoms with Crippen LogP contribution in [0.2, 0.25) is 0 Å². The Morgan fingerprint density at radius 2 is 1.95 bits per heavy atom. The second kappa shape index (κ2) is 6.52. The van der Waals surface area contributed by atoms with Gasteiger partial charge in [-0.25, -0.2) is 13.1 Å². The molecular weight excluding hydrogens is 307 g/mol. The number of sulfonamides is 1. The number of anilines is 2. The number of nitrogen functional groups attached to an aromatic ring is 1. The molecule has 0 amide bonds. The van der Waals surface area contributed by atoms with E-state index in [0.29, 0.717) is 0 Å². The van der Waals surface area contributed by atoms with Crippen molar-refractivity contribution in [1.29, 1.82) is 0 Å². The Balaban J connectivity index is 3.02. The van der Waals surface area contributed by atoms with E-state index in [1.165, 1.54) is 30.1 Å². The number of alkyl halides is 3. The van der Waals surface area contributed by atoms with Crippen LogP contribution < -0.4 is 15.4 Å². The highest BCUT2D eigenvalue weighted by atomic mass is 32.2. The van der Waals surface area contributed by atoms with Crippen LogP contribution in [0.25, 0.3) is 0 Å². The first kappa shape index (κ1) is 17.6. The zero-order valence-corrected chi connectivity index (χ0v) is 12.6. The summed E-state index contributed by atoms with van der Waals surface area (Å²) in [6.07, 6.45) is -5.29. The van der Waals surface area contributed by atoms with Gasteiger partial charge in [-0.2, -0.15) is 13.2 Å². The summed E-state index contributed by atoms with van der Waals surface area (Å²) >= 11 is 0. The second-order valence-corrected chi connectivity index (χ2v) is 6.28. The van der Waals surface area contributed by atoms with Crippen LogP contribution >= 0.6 is 0 Å². The average Bonchev–Trinajstić information content (AvgIpc) is 2.35. The number of hydrogen-bond donors (Lipinski definition) is 2. The van der Waals surface area contributed by atoms with E-state index in [9.17, 15) is 21.6 Å². The first-order chi connectivity index (χ1) is 9.57. The molecule has 0 unspecified atom stereocenters. The lowest BCUT2D eigenvalue weighted by Gasteiger charge is -2.22. The summed E-state index contributed by atoms with van der Waals surface area (Å²) in [5.74, 6) is 0. The molecule has 0 saturated heterocycles. The van der Waals surface area contributed by atoms with E-state index in [4.69, 9.17) is 5.73 Å². The lowest BCUT2D eigenvalue weighted by molar-refractivity contribution is -0.132. The molecule has 1 rings (SSSR count). The highest BCUT2D eigenvalue weighted by Crippen LogP contribution is 2.27. The molecule has 21 heavy (non-hydrogen) atoms. The molecule has 9 heteroatoms. The fraction of sp³-hybridized carbons (Fsp3) is 0.500. The van der Waals surface area contributed by atoms with Crippen molar-refractivity contribution in [1.82, 2.24) is 4.72 Å². The molecule has 0 aromatic heterocycles. The van der Waals surface area contributed by atoms with E-state index in [0.717, 1.165) is 0 Å². The lowest BCUT2D eigenvalue weighted by atomic mass is 10.2. The van der Waals surface area contributed by atoms with Gasteiger partial charge in [0, 0.05) is 20.1 Å². The average molecular weight is 325 g/mol. The summed E-state index contributed by atoms with van der Waals surface area (Å²) in [6.45, 7) is 1.54. The number of nitrogens with one attached hydrogen (secondary N) is 1. The van der Waals surface area contributed by atoms with E-state index in [1.807, 2.05) is 0 Å². The molecular formula is C12H18F3N3O2S. The van der Waals surface area contributed by atoms with Crippen molar-refractivity contribution in [2.45, 2.75) is 24.4 Å². The van der Waals surface area contributed by atoms with Gasteiger partial charge in [-0.05, 0) is 18.2 Å². The van der Waals surface area contributed by atoms with Gasteiger partial charge in [-0.3, -0.25) is 0 Å². The Morgan fingerprint density at radius 3 is 2.48 bits per heavy atom. The molecule has 0 saturated carbocycles. The predicted molar refractivity (Wildman–Crippen MR) is 75.7 cm³/mol. The third-order valence-electron chi connectivity index (χ3n) is 2.79. The highest BCUT2D eigenvalue weighted by Gasteiger charge is 2.27. The second-order valence-electron chi connectivity index (χ2n) is 4.51. The van der Waals surface area contributed by atoms with E-state index >= 15 is 0 Å². The normalized spacial score (nSPS) is 12.4. The van der Waals surface area contributed by atoms with Crippen molar-refractivity contribution in [3.63, 3.8) is 0 Å². The minimum Gasteiger partial charge on any atom is -0.397 e. The minimum atomic E-state index is -4.28. The van der Waals surface area contributed by atoms with Gasteiger partial charge in [0.15, 0.2) is 0 Å². The zero-order valence-electron chi connectivity index (χ0n) is 11.7. The smallest absolute Gasteiger partial charge is 0.390 e. The number of hydrogen-bond acceptors (Lipinski definition) is 4. The summed E-state index contributed by atoms with van der Waals surface area (Å²) in [7, 11) is -2.25. The standard InChI is InChI=1S/C12H18F3N3O2S/c1-3-17-21(19,20)9-4-5-10(16)11(8-9)18(2)7-6-12(13,14)15/h4-5,8,17H,3,6-7,16H2,1-2H3. The van der Waals surface area contributed by atoms with Gasteiger partial charge >= 0.3 is 6.18 Å². The maximum Gasteiger partial charge on any atom is 0.390 e. The largest absolute Gasteiger partial charge is 0.397 e. The van der Waals surface area contributed by atoms with Crippen LogP contribution in [-0.4, -0.2) is 34.7 Å². The minimum absolute atomic E-state index is 0.0348. The zero-order chi connectivity index (χ0) is 16.3. The highest BCUT2D eigenvalue weighted by molar-refractivity contribution is 7.89. The van der Waals surface area contributed by atoms with Crippen LogP contribution in [-0.2, 0) is 10.0 Å². The van der Waals surface area contributed by atoms with Gasteiger partial charge in [-0.15, -0.1) is 0 Å². The van der Waals surface area contributed by atoms with Crippen LogP contribution in [0.5, 0.6) is 0 Å². The van der Waals surface area contributed by atoms with Gasteiger partial charge in [0.2, 0.25) is 10.0 Å². The molecule has 1 aromatic carbocycles. The Hall–Kier alpha value is -1.48. The predicted octanol–water partition coefficient (Wildman–Crippen LogP) is 1.96. The van der Waals surface area contributed by atoms with Crippen LogP contribution in [0, 0.1) is 0 Å². The Labute approximate surface area is 122 Å². The van der Waals surface area contributed by atoms with E-state index in [-0.39, 0.29) is 29.4 Å².